The largest absolute Gasteiger partial charge is 0.385 e. The highest BCUT2D eigenvalue weighted by Crippen LogP contribution is 2.37. The van der Waals surface area contributed by atoms with E-state index >= 15 is 0 Å². The van der Waals surface area contributed by atoms with E-state index < -0.39 is 0 Å². The molecule has 0 unspecified atom stereocenters. The summed E-state index contributed by atoms with van der Waals surface area (Å²) in [5.41, 5.74) is 3.50. The maximum absolute atomic E-state index is 13.4. The Kier molecular flexibility index (Phi) is 7.50. The number of aryl methyl sites for hydroxylation is 1. The number of thiophene rings is 1. The van der Waals surface area contributed by atoms with Crippen LogP contribution in [-0.4, -0.2) is 74.1 Å². The molecule has 6 nitrogen and oxygen atoms in total. The zero-order valence-electron chi connectivity index (χ0n) is 18.3. The molecule has 0 spiro atoms. The summed E-state index contributed by atoms with van der Waals surface area (Å²) in [4.78, 5) is 32.5. The normalized spacial score (nSPS) is 15.6. The van der Waals surface area contributed by atoms with E-state index in [1.807, 2.05) is 4.90 Å². The van der Waals surface area contributed by atoms with Gasteiger partial charge in [-0.2, -0.15) is 0 Å². The molecule has 1 atom stereocenters. The molecule has 2 aromatic rings. The van der Waals surface area contributed by atoms with Gasteiger partial charge in [-0.1, -0.05) is 29.8 Å². The summed E-state index contributed by atoms with van der Waals surface area (Å²) >= 11 is 1.75. The number of benzene rings is 1. The Balaban J connectivity index is 1.84. The topological polar surface area (TPSA) is 53.1 Å². The van der Waals surface area contributed by atoms with E-state index in [0.717, 1.165) is 12.0 Å². The maximum atomic E-state index is 13.4. The van der Waals surface area contributed by atoms with Crippen LogP contribution in [-0.2, 0) is 16.0 Å². The molecule has 162 valence electrons. The van der Waals surface area contributed by atoms with Crippen LogP contribution in [0.25, 0.3) is 0 Å². The van der Waals surface area contributed by atoms with Gasteiger partial charge in [0.1, 0.15) is 6.54 Å². The van der Waals surface area contributed by atoms with Crippen LogP contribution >= 0.6 is 11.3 Å². The Morgan fingerprint density at radius 2 is 1.93 bits per heavy atom. The summed E-state index contributed by atoms with van der Waals surface area (Å²) in [5, 5.41) is 2.10. The third-order valence-corrected chi connectivity index (χ3v) is 6.43. The predicted octanol–water partition coefficient (Wildman–Crippen LogP) is 3.55. The molecular formula is C23H31N3O3S. The fraction of sp³-hybridized carbons (Fsp3) is 0.478. The van der Waals surface area contributed by atoms with Gasteiger partial charge in [-0.05, 0) is 42.3 Å². The van der Waals surface area contributed by atoms with Crippen molar-refractivity contribution in [2.24, 2.45) is 0 Å². The highest BCUT2D eigenvalue weighted by molar-refractivity contribution is 7.10. The van der Waals surface area contributed by atoms with Crippen molar-refractivity contribution in [3.63, 3.8) is 0 Å². The van der Waals surface area contributed by atoms with Crippen LogP contribution in [0.1, 0.15) is 34.0 Å². The van der Waals surface area contributed by atoms with Crippen LogP contribution in [0.2, 0.25) is 0 Å². The second kappa shape index (κ2) is 10.1. The van der Waals surface area contributed by atoms with Crippen LogP contribution in [0.15, 0.2) is 35.7 Å². The van der Waals surface area contributed by atoms with Gasteiger partial charge in [0.05, 0.1) is 6.04 Å². The SMILES string of the molecule is COCCCN(CC(=O)N1CCc2sccc2[C@@H]1c1ccc(C)cc1)C(=O)N(C)C. The lowest BCUT2D eigenvalue weighted by Crippen LogP contribution is -2.49. The molecule has 0 fully saturated rings. The van der Waals surface area contributed by atoms with Crippen LogP contribution < -0.4 is 0 Å². The molecule has 1 aromatic carbocycles. The minimum absolute atomic E-state index is 0.0231. The molecule has 2 heterocycles. The minimum atomic E-state index is -0.153. The van der Waals surface area contributed by atoms with Gasteiger partial charge in [0.15, 0.2) is 0 Å². The second-order valence-corrected chi connectivity index (χ2v) is 8.90. The van der Waals surface area contributed by atoms with Gasteiger partial charge < -0.3 is 19.4 Å². The van der Waals surface area contributed by atoms with Crippen molar-refractivity contribution in [3.05, 3.63) is 57.3 Å². The molecule has 1 aliphatic heterocycles. The van der Waals surface area contributed by atoms with Crippen LogP contribution in [0.5, 0.6) is 0 Å². The first-order valence-corrected chi connectivity index (χ1v) is 11.2. The summed E-state index contributed by atoms with van der Waals surface area (Å²) < 4.78 is 5.12. The highest BCUT2D eigenvalue weighted by atomic mass is 32.1. The Bertz CT molecular complexity index is 863. The first kappa shape index (κ1) is 22.3. The Hall–Kier alpha value is -2.38. The number of hydrogen-bond acceptors (Lipinski definition) is 4. The average molecular weight is 430 g/mol. The van der Waals surface area contributed by atoms with Gasteiger partial charge in [0.25, 0.3) is 0 Å². The third-order valence-electron chi connectivity index (χ3n) is 5.44. The number of carbonyl (C=O) groups excluding carboxylic acids is 2. The van der Waals surface area contributed by atoms with E-state index in [1.54, 1.807) is 37.4 Å². The molecule has 0 saturated heterocycles. The average Bonchev–Trinajstić information content (AvgIpc) is 3.21. The summed E-state index contributed by atoms with van der Waals surface area (Å²) in [6.07, 6.45) is 1.55. The number of hydrogen-bond donors (Lipinski definition) is 0. The number of methoxy groups -OCH3 is 1. The molecule has 0 aliphatic carbocycles. The number of carbonyl (C=O) groups is 2. The summed E-state index contributed by atoms with van der Waals surface area (Å²) in [6.45, 7) is 3.84. The van der Waals surface area contributed by atoms with E-state index in [-0.39, 0.29) is 24.5 Å². The maximum Gasteiger partial charge on any atom is 0.319 e. The van der Waals surface area contributed by atoms with E-state index in [2.05, 4.69) is 42.6 Å². The molecule has 0 bridgehead atoms. The zero-order chi connectivity index (χ0) is 21.7. The lowest BCUT2D eigenvalue weighted by molar-refractivity contribution is -0.134. The van der Waals surface area contributed by atoms with E-state index in [0.29, 0.717) is 26.1 Å². The number of amides is 3. The van der Waals surface area contributed by atoms with Crippen LogP contribution in [0.4, 0.5) is 4.79 Å². The molecule has 0 radical (unpaired) electrons. The first-order valence-electron chi connectivity index (χ1n) is 10.3. The van der Waals surface area contributed by atoms with Gasteiger partial charge in [0, 0.05) is 45.8 Å². The fourth-order valence-corrected chi connectivity index (χ4v) is 4.78. The number of rotatable bonds is 7. The molecule has 1 aliphatic rings. The predicted molar refractivity (Wildman–Crippen MR) is 120 cm³/mol. The summed E-state index contributed by atoms with van der Waals surface area (Å²) in [6, 6.07) is 10.3. The number of nitrogens with zero attached hydrogens (tertiary/aromatic N) is 3. The van der Waals surface area contributed by atoms with E-state index in [1.165, 1.54) is 20.9 Å². The van der Waals surface area contributed by atoms with Crippen molar-refractivity contribution in [3.8, 4) is 0 Å². The van der Waals surface area contributed by atoms with Crippen molar-refractivity contribution < 1.29 is 14.3 Å². The zero-order valence-corrected chi connectivity index (χ0v) is 19.1. The minimum Gasteiger partial charge on any atom is -0.385 e. The smallest absolute Gasteiger partial charge is 0.319 e. The van der Waals surface area contributed by atoms with Crippen molar-refractivity contribution in [1.29, 1.82) is 0 Å². The molecule has 0 saturated carbocycles. The van der Waals surface area contributed by atoms with E-state index in [9.17, 15) is 9.59 Å². The van der Waals surface area contributed by atoms with Crippen molar-refractivity contribution in [2.45, 2.75) is 25.8 Å². The second-order valence-electron chi connectivity index (χ2n) is 7.89. The van der Waals surface area contributed by atoms with Gasteiger partial charge in [-0.3, -0.25) is 4.79 Å². The monoisotopic (exact) mass is 429 g/mol. The molecule has 7 heteroatoms. The Morgan fingerprint density at radius 1 is 1.20 bits per heavy atom. The highest BCUT2D eigenvalue weighted by Gasteiger charge is 2.34. The molecular weight excluding hydrogens is 398 g/mol. The molecule has 1 aromatic heterocycles. The van der Waals surface area contributed by atoms with Gasteiger partial charge in [0.2, 0.25) is 5.91 Å². The van der Waals surface area contributed by atoms with Crippen molar-refractivity contribution in [1.82, 2.24) is 14.7 Å². The molecule has 30 heavy (non-hydrogen) atoms. The third kappa shape index (κ3) is 5.02. The molecule has 0 N–H and O–H groups in total. The first-order chi connectivity index (χ1) is 14.4. The Labute approximate surface area is 183 Å². The standard InChI is InChI=1S/C23H31N3O3S/c1-17-6-8-18(9-7-17)22-19-11-15-30-20(19)10-13-26(22)21(27)16-25(12-5-14-29-4)23(28)24(2)3/h6-9,11,15,22H,5,10,12-14,16H2,1-4H3/t22-/m0/s1. The van der Waals surface area contributed by atoms with Crippen LogP contribution in [0, 0.1) is 6.92 Å². The van der Waals surface area contributed by atoms with Crippen molar-refractivity contribution >= 4 is 23.3 Å². The van der Waals surface area contributed by atoms with Gasteiger partial charge >= 0.3 is 6.03 Å². The van der Waals surface area contributed by atoms with E-state index in [4.69, 9.17) is 4.74 Å². The summed E-state index contributed by atoms with van der Waals surface area (Å²) in [7, 11) is 5.06. The lowest BCUT2D eigenvalue weighted by Gasteiger charge is -2.38. The Morgan fingerprint density at radius 3 is 2.60 bits per heavy atom. The lowest BCUT2D eigenvalue weighted by atomic mass is 9.92. The fourth-order valence-electron chi connectivity index (χ4n) is 3.87. The summed E-state index contributed by atoms with van der Waals surface area (Å²) in [5.74, 6) is -0.0231. The number of fused-ring (bicyclic) bond motifs is 1. The van der Waals surface area contributed by atoms with Crippen LogP contribution in [0.3, 0.4) is 0 Å². The number of urea groups is 1. The quantitative estimate of drug-likeness (QED) is 0.633. The number of ether oxygens (including phenoxy) is 1. The van der Waals surface area contributed by atoms with Gasteiger partial charge in [-0.25, -0.2) is 4.79 Å². The van der Waals surface area contributed by atoms with Gasteiger partial charge in [-0.15, -0.1) is 11.3 Å². The molecule has 3 rings (SSSR count). The molecule has 3 amide bonds. The van der Waals surface area contributed by atoms with Crippen molar-refractivity contribution in [2.75, 3.05) is 47.4 Å².